The Hall–Kier alpha value is -2.97. The zero-order valence-corrected chi connectivity index (χ0v) is 15.5. The number of nitrogens with one attached hydrogen (secondary N) is 1. The predicted octanol–water partition coefficient (Wildman–Crippen LogP) is 4.03. The van der Waals surface area contributed by atoms with Crippen LogP contribution in [-0.2, 0) is 14.8 Å². The molecule has 0 unspecified atom stereocenters. The Balaban J connectivity index is 2.07. The third-order valence-corrected chi connectivity index (χ3v) is 5.07. The number of benzene rings is 2. The summed E-state index contributed by atoms with van der Waals surface area (Å²) >= 11 is 5.85. The highest BCUT2D eigenvalue weighted by Crippen LogP contribution is 2.47. The number of aromatic hydroxyl groups is 1. The van der Waals surface area contributed by atoms with Gasteiger partial charge in [-0.25, -0.2) is 13.1 Å². The van der Waals surface area contributed by atoms with Crippen LogP contribution in [0.4, 0.5) is 5.88 Å². The second-order valence-corrected chi connectivity index (χ2v) is 7.58. The molecular formula is C18H14ClNO6S. The molecule has 2 aromatic carbocycles. The number of esters is 1. The molecule has 0 amide bonds. The third kappa shape index (κ3) is 4.07. The van der Waals surface area contributed by atoms with Crippen molar-refractivity contribution in [2.45, 2.75) is 11.8 Å². The van der Waals surface area contributed by atoms with Gasteiger partial charge in [0.1, 0.15) is 0 Å². The molecule has 0 saturated carbocycles. The molecule has 0 spiro atoms. The van der Waals surface area contributed by atoms with Crippen LogP contribution in [0.25, 0.3) is 11.3 Å². The van der Waals surface area contributed by atoms with Crippen molar-refractivity contribution in [2.75, 3.05) is 4.72 Å². The second-order valence-electron chi connectivity index (χ2n) is 5.46. The predicted molar refractivity (Wildman–Crippen MR) is 99.4 cm³/mol. The molecule has 140 valence electrons. The molecule has 7 nitrogen and oxygen atoms in total. The lowest BCUT2D eigenvalue weighted by atomic mass is 10.1. The number of rotatable bonds is 5. The quantitative estimate of drug-likeness (QED) is 0.618. The van der Waals surface area contributed by atoms with Crippen LogP contribution in [0.5, 0.6) is 11.5 Å². The zero-order valence-electron chi connectivity index (χ0n) is 14.0. The summed E-state index contributed by atoms with van der Waals surface area (Å²) < 4.78 is 37.7. The molecule has 0 aliphatic carbocycles. The van der Waals surface area contributed by atoms with Gasteiger partial charge in [-0.15, -0.1) is 0 Å². The number of carbonyl (C=O) groups excluding carboxylic acids is 1. The van der Waals surface area contributed by atoms with Gasteiger partial charge in [-0.3, -0.25) is 4.79 Å². The fraction of sp³-hybridized carbons (Fsp3) is 0.0556. The number of furan rings is 1. The minimum atomic E-state index is -4.03. The Bertz CT molecular complexity index is 1080. The first-order chi connectivity index (χ1) is 12.8. The van der Waals surface area contributed by atoms with E-state index in [0.29, 0.717) is 10.6 Å². The largest absolute Gasteiger partial charge is 0.502 e. The summed E-state index contributed by atoms with van der Waals surface area (Å²) in [4.78, 5) is 11.3. The van der Waals surface area contributed by atoms with Gasteiger partial charge in [0, 0.05) is 17.5 Å². The summed E-state index contributed by atoms with van der Waals surface area (Å²) in [7, 11) is -4.03. The van der Waals surface area contributed by atoms with Crippen molar-refractivity contribution in [3.8, 4) is 22.8 Å². The molecule has 0 bridgehead atoms. The number of carbonyl (C=O) groups is 1. The molecule has 1 aromatic heterocycles. The standard InChI is InChI=1S/C18H14ClNO6S/c1-11(21)25-17-15(22)16(12-7-9-13(19)10-8-12)26-18(17)20-27(23,24)14-5-3-2-4-6-14/h2-10,20,22H,1H3. The molecule has 1 heterocycles. The summed E-state index contributed by atoms with van der Waals surface area (Å²) in [5.74, 6) is -2.19. The van der Waals surface area contributed by atoms with Gasteiger partial charge in [-0.05, 0) is 36.4 Å². The summed E-state index contributed by atoms with van der Waals surface area (Å²) in [6.45, 7) is 1.11. The summed E-state index contributed by atoms with van der Waals surface area (Å²) in [6, 6.07) is 13.8. The van der Waals surface area contributed by atoms with Crippen LogP contribution in [0, 0.1) is 0 Å². The van der Waals surface area contributed by atoms with Gasteiger partial charge in [-0.1, -0.05) is 29.8 Å². The molecule has 0 radical (unpaired) electrons. The van der Waals surface area contributed by atoms with Crippen molar-refractivity contribution >= 4 is 33.5 Å². The number of halogens is 1. The first-order valence-electron chi connectivity index (χ1n) is 7.66. The van der Waals surface area contributed by atoms with Gasteiger partial charge in [0.25, 0.3) is 15.9 Å². The topological polar surface area (TPSA) is 106 Å². The maximum absolute atomic E-state index is 12.5. The number of hydrogen-bond acceptors (Lipinski definition) is 6. The third-order valence-electron chi connectivity index (χ3n) is 3.47. The first kappa shape index (κ1) is 18.8. The highest BCUT2D eigenvalue weighted by molar-refractivity contribution is 7.92. The normalized spacial score (nSPS) is 11.2. The van der Waals surface area contributed by atoms with Crippen LogP contribution in [0.1, 0.15) is 6.92 Å². The summed E-state index contributed by atoms with van der Waals surface area (Å²) in [5.41, 5.74) is 0.412. The van der Waals surface area contributed by atoms with Crippen LogP contribution in [0.3, 0.4) is 0 Å². The van der Waals surface area contributed by atoms with Crippen molar-refractivity contribution < 1.29 is 27.5 Å². The Kier molecular flexibility index (Phi) is 5.11. The lowest BCUT2D eigenvalue weighted by molar-refractivity contribution is -0.131. The smallest absolute Gasteiger partial charge is 0.308 e. The van der Waals surface area contributed by atoms with Gasteiger partial charge >= 0.3 is 5.97 Å². The van der Waals surface area contributed by atoms with Crippen molar-refractivity contribution in [1.82, 2.24) is 0 Å². The number of sulfonamides is 1. The average molecular weight is 408 g/mol. The maximum atomic E-state index is 12.5. The maximum Gasteiger partial charge on any atom is 0.308 e. The SMILES string of the molecule is CC(=O)Oc1c(NS(=O)(=O)c2ccccc2)oc(-c2ccc(Cl)cc2)c1O. The molecule has 27 heavy (non-hydrogen) atoms. The van der Waals surface area contributed by atoms with Crippen molar-refractivity contribution in [3.05, 3.63) is 59.6 Å². The molecule has 0 fully saturated rings. The molecule has 0 aliphatic rings. The highest BCUT2D eigenvalue weighted by Gasteiger charge is 2.27. The molecule has 0 atom stereocenters. The van der Waals surface area contributed by atoms with Gasteiger partial charge in [0.05, 0.1) is 4.90 Å². The van der Waals surface area contributed by atoms with Gasteiger partial charge < -0.3 is 14.3 Å². The van der Waals surface area contributed by atoms with E-state index in [1.165, 1.54) is 12.1 Å². The fourth-order valence-electron chi connectivity index (χ4n) is 2.29. The van der Waals surface area contributed by atoms with Crippen LogP contribution in [-0.4, -0.2) is 19.5 Å². The molecule has 9 heteroatoms. The zero-order chi connectivity index (χ0) is 19.6. The Morgan fingerprint density at radius 1 is 1.11 bits per heavy atom. The lowest BCUT2D eigenvalue weighted by Crippen LogP contribution is -2.13. The van der Waals surface area contributed by atoms with Gasteiger partial charge in [-0.2, -0.15) is 0 Å². The highest BCUT2D eigenvalue weighted by atomic mass is 35.5. The van der Waals surface area contributed by atoms with E-state index < -0.39 is 33.4 Å². The molecule has 3 rings (SSSR count). The lowest BCUT2D eigenvalue weighted by Gasteiger charge is -2.07. The van der Waals surface area contributed by atoms with Crippen LogP contribution < -0.4 is 9.46 Å². The van der Waals surface area contributed by atoms with Crippen molar-refractivity contribution in [3.63, 3.8) is 0 Å². The number of hydrogen-bond donors (Lipinski definition) is 2. The second kappa shape index (κ2) is 7.34. The van der Waals surface area contributed by atoms with Crippen molar-refractivity contribution in [2.24, 2.45) is 0 Å². The van der Waals surface area contributed by atoms with E-state index in [0.717, 1.165) is 6.92 Å². The Morgan fingerprint density at radius 3 is 2.33 bits per heavy atom. The summed E-state index contributed by atoms with van der Waals surface area (Å²) in [5, 5.41) is 10.9. The molecule has 0 aliphatic heterocycles. The molecule has 3 aromatic rings. The van der Waals surface area contributed by atoms with Crippen LogP contribution >= 0.6 is 11.6 Å². The van der Waals surface area contributed by atoms with E-state index in [2.05, 4.69) is 4.72 Å². The van der Waals surface area contributed by atoms with E-state index in [9.17, 15) is 18.3 Å². The fourth-order valence-corrected chi connectivity index (χ4v) is 3.43. The summed E-state index contributed by atoms with van der Waals surface area (Å²) in [6.07, 6.45) is 0. The monoisotopic (exact) mass is 407 g/mol. The Morgan fingerprint density at radius 2 is 1.74 bits per heavy atom. The minimum Gasteiger partial charge on any atom is -0.502 e. The van der Waals surface area contributed by atoms with Crippen LogP contribution in [0.2, 0.25) is 5.02 Å². The van der Waals surface area contributed by atoms with E-state index in [1.54, 1.807) is 42.5 Å². The number of anilines is 1. The van der Waals surface area contributed by atoms with E-state index in [1.807, 2.05) is 0 Å². The van der Waals surface area contributed by atoms with Gasteiger partial charge in [0.2, 0.25) is 11.5 Å². The van der Waals surface area contributed by atoms with Crippen LogP contribution in [0.15, 0.2) is 63.9 Å². The van der Waals surface area contributed by atoms with E-state index >= 15 is 0 Å². The molecular weight excluding hydrogens is 394 g/mol. The van der Waals surface area contributed by atoms with Crippen molar-refractivity contribution in [1.29, 1.82) is 0 Å². The first-order valence-corrected chi connectivity index (χ1v) is 9.52. The van der Waals surface area contributed by atoms with E-state index in [4.69, 9.17) is 20.8 Å². The average Bonchev–Trinajstić information content (AvgIpc) is 2.92. The number of ether oxygens (including phenoxy) is 1. The Labute approximate surface area is 160 Å². The molecule has 2 N–H and O–H groups in total. The van der Waals surface area contributed by atoms with E-state index in [-0.39, 0.29) is 10.7 Å². The van der Waals surface area contributed by atoms with Gasteiger partial charge in [0.15, 0.2) is 5.76 Å². The minimum absolute atomic E-state index is 0.0253. The molecule has 0 saturated heterocycles.